The summed E-state index contributed by atoms with van der Waals surface area (Å²) in [5.41, 5.74) is 5.37. The van der Waals surface area contributed by atoms with Crippen LogP contribution >= 0.6 is 0 Å². The van der Waals surface area contributed by atoms with Gasteiger partial charge in [-0.25, -0.2) is 13.1 Å². The van der Waals surface area contributed by atoms with E-state index in [1.165, 1.54) is 24.3 Å². The molecule has 0 bridgehead atoms. The molecule has 0 aliphatic rings. The average molecular weight is 270 g/mol. The van der Waals surface area contributed by atoms with E-state index in [-0.39, 0.29) is 22.4 Å². The predicted molar refractivity (Wildman–Crippen MR) is 69.6 cm³/mol. The highest BCUT2D eigenvalue weighted by atomic mass is 32.2. The SMILES string of the molecule is CC(C)C(C)NS(=O)(=O)c1ccc(C(N)=O)cc1. The van der Waals surface area contributed by atoms with E-state index in [4.69, 9.17) is 5.73 Å². The van der Waals surface area contributed by atoms with Crippen LogP contribution in [-0.4, -0.2) is 20.4 Å². The van der Waals surface area contributed by atoms with Gasteiger partial charge in [0.15, 0.2) is 0 Å². The monoisotopic (exact) mass is 270 g/mol. The maximum Gasteiger partial charge on any atom is 0.248 e. The number of amides is 1. The van der Waals surface area contributed by atoms with Crippen LogP contribution in [-0.2, 0) is 10.0 Å². The summed E-state index contributed by atoms with van der Waals surface area (Å²) in [4.78, 5) is 11.0. The van der Waals surface area contributed by atoms with Crippen molar-refractivity contribution < 1.29 is 13.2 Å². The van der Waals surface area contributed by atoms with Crippen LogP contribution in [0.15, 0.2) is 29.2 Å². The van der Waals surface area contributed by atoms with Crippen LogP contribution in [0, 0.1) is 5.92 Å². The van der Waals surface area contributed by atoms with Crippen LogP contribution in [0.5, 0.6) is 0 Å². The number of carbonyl (C=O) groups is 1. The van der Waals surface area contributed by atoms with Gasteiger partial charge in [-0.05, 0) is 37.1 Å². The average Bonchev–Trinajstić information content (AvgIpc) is 2.28. The Balaban J connectivity index is 2.95. The third kappa shape index (κ3) is 3.54. The van der Waals surface area contributed by atoms with Crippen LogP contribution < -0.4 is 10.5 Å². The number of carbonyl (C=O) groups excluding carboxylic acids is 1. The first-order chi connectivity index (χ1) is 8.24. The molecule has 1 aromatic rings. The third-order valence-corrected chi connectivity index (χ3v) is 4.37. The standard InChI is InChI=1S/C12H18N2O3S/c1-8(2)9(3)14-18(16,17)11-6-4-10(5-7-11)12(13)15/h4-9,14H,1-3H3,(H2,13,15). The Bertz CT molecular complexity index is 521. The molecule has 0 radical (unpaired) electrons. The number of sulfonamides is 1. The molecular weight excluding hydrogens is 252 g/mol. The van der Waals surface area contributed by atoms with Crippen molar-refractivity contribution in [2.75, 3.05) is 0 Å². The highest BCUT2D eigenvalue weighted by Gasteiger charge is 2.19. The normalized spacial score (nSPS) is 13.6. The molecule has 18 heavy (non-hydrogen) atoms. The molecule has 1 aromatic carbocycles. The van der Waals surface area contributed by atoms with Gasteiger partial charge in [-0.3, -0.25) is 4.79 Å². The molecule has 5 nitrogen and oxygen atoms in total. The molecule has 0 heterocycles. The second-order valence-electron chi connectivity index (χ2n) is 4.54. The fourth-order valence-electron chi connectivity index (χ4n) is 1.25. The number of hydrogen-bond donors (Lipinski definition) is 2. The van der Waals surface area contributed by atoms with Crippen molar-refractivity contribution in [3.05, 3.63) is 29.8 Å². The van der Waals surface area contributed by atoms with Gasteiger partial charge in [0.2, 0.25) is 15.9 Å². The maximum atomic E-state index is 12.0. The third-order valence-electron chi connectivity index (χ3n) is 2.79. The van der Waals surface area contributed by atoms with Crippen LogP contribution in [0.2, 0.25) is 0 Å². The van der Waals surface area contributed by atoms with Crippen molar-refractivity contribution in [3.8, 4) is 0 Å². The van der Waals surface area contributed by atoms with E-state index in [1.54, 1.807) is 6.92 Å². The molecule has 0 saturated carbocycles. The van der Waals surface area contributed by atoms with Crippen LogP contribution in [0.3, 0.4) is 0 Å². The van der Waals surface area contributed by atoms with E-state index in [0.29, 0.717) is 0 Å². The second kappa shape index (κ2) is 5.49. The van der Waals surface area contributed by atoms with Gasteiger partial charge in [-0.15, -0.1) is 0 Å². The maximum absolute atomic E-state index is 12.0. The molecule has 0 aliphatic heterocycles. The van der Waals surface area contributed by atoms with Gasteiger partial charge in [0.05, 0.1) is 4.90 Å². The van der Waals surface area contributed by atoms with Gasteiger partial charge in [0.1, 0.15) is 0 Å². The summed E-state index contributed by atoms with van der Waals surface area (Å²) in [5, 5.41) is 0. The first-order valence-electron chi connectivity index (χ1n) is 5.66. The van der Waals surface area contributed by atoms with Gasteiger partial charge in [-0.1, -0.05) is 13.8 Å². The second-order valence-corrected chi connectivity index (χ2v) is 6.26. The van der Waals surface area contributed by atoms with Gasteiger partial charge >= 0.3 is 0 Å². The van der Waals surface area contributed by atoms with Crippen molar-refractivity contribution in [3.63, 3.8) is 0 Å². The first-order valence-corrected chi connectivity index (χ1v) is 7.14. The summed E-state index contributed by atoms with van der Waals surface area (Å²) >= 11 is 0. The lowest BCUT2D eigenvalue weighted by Gasteiger charge is -2.17. The molecule has 3 N–H and O–H groups in total. The minimum atomic E-state index is -3.55. The minimum absolute atomic E-state index is 0.125. The lowest BCUT2D eigenvalue weighted by molar-refractivity contribution is 0.1000. The Labute approximate surface area is 107 Å². The molecule has 6 heteroatoms. The summed E-state index contributed by atoms with van der Waals surface area (Å²) < 4.78 is 26.6. The topological polar surface area (TPSA) is 89.3 Å². The van der Waals surface area contributed by atoms with E-state index in [0.717, 1.165) is 0 Å². The molecule has 0 fully saturated rings. The zero-order valence-electron chi connectivity index (χ0n) is 10.7. The number of nitrogens with one attached hydrogen (secondary N) is 1. The molecule has 0 aliphatic carbocycles. The smallest absolute Gasteiger partial charge is 0.248 e. The predicted octanol–water partition coefficient (Wildman–Crippen LogP) is 1.11. The highest BCUT2D eigenvalue weighted by Crippen LogP contribution is 2.12. The van der Waals surface area contributed by atoms with E-state index >= 15 is 0 Å². The summed E-state index contributed by atoms with van der Waals surface area (Å²) in [6.07, 6.45) is 0. The molecule has 100 valence electrons. The van der Waals surface area contributed by atoms with Crippen molar-refractivity contribution >= 4 is 15.9 Å². The van der Waals surface area contributed by atoms with E-state index in [1.807, 2.05) is 13.8 Å². The summed E-state index contributed by atoms with van der Waals surface area (Å²) in [5.74, 6) is -0.382. The lowest BCUT2D eigenvalue weighted by atomic mass is 10.1. The van der Waals surface area contributed by atoms with Crippen LogP contribution in [0.4, 0.5) is 0 Å². The fraction of sp³-hybridized carbons (Fsp3) is 0.417. The van der Waals surface area contributed by atoms with E-state index in [2.05, 4.69) is 4.72 Å². The number of hydrogen-bond acceptors (Lipinski definition) is 3. The molecule has 1 amide bonds. The van der Waals surface area contributed by atoms with Crippen molar-refractivity contribution in [2.45, 2.75) is 31.7 Å². The number of primary amides is 1. The summed E-state index contributed by atoms with van der Waals surface area (Å²) in [6, 6.07) is 5.38. The number of rotatable bonds is 5. The Hall–Kier alpha value is -1.40. The molecule has 0 aromatic heterocycles. The molecule has 0 spiro atoms. The van der Waals surface area contributed by atoms with Crippen LogP contribution in [0.1, 0.15) is 31.1 Å². The molecule has 0 saturated heterocycles. The van der Waals surface area contributed by atoms with Gasteiger partial charge in [0, 0.05) is 11.6 Å². The van der Waals surface area contributed by atoms with E-state index < -0.39 is 15.9 Å². The Morgan fingerprint density at radius 3 is 2.06 bits per heavy atom. The van der Waals surface area contributed by atoms with Gasteiger partial charge < -0.3 is 5.73 Å². The fourth-order valence-corrected chi connectivity index (χ4v) is 2.64. The highest BCUT2D eigenvalue weighted by molar-refractivity contribution is 7.89. The number of nitrogens with two attached hydrogens (primary N) is 1. The Kier molecular flexibility index (Phi) is 4.48. The van der Waals surface area contributed by atoms with Gasteiger partial charge in [-0.2, -0.15) is 0 Å². The summed E-state index contributed by atoms with van der Waals surface area (Å²) in [7, 11) is -3.55. The van der Waals surface area contributed by atoms with E-state index in [9.17, 15) is 13.2 Å². The van der Waals surface area contributed by atoms with Gasteiger partial charge in [0.25, 0.3) is 0 Å². The molecular formula is C12H18N2O3S. The Morgan fingerprint density at radius 1 is 1.17 bits per heavy atom. The molecule has 1 atom stereocenters. The van der Waals surface area contributed by atoms with Crippen molar-refractivity contribution in [2.24, 2.45) is 11.7 Å². The Morgan fingerprint density at radius 2 is 1.67 bits per heavy atom. The zero-order valence-corrected chi connectivity index (χ0v) is 11.5. The lowest BCUT2D eigenvalue weighted by Crippen LogP contribution is -2.36. The largest absolute Gasteiger partial charge is 0.366 e. The zero-order chi connectivity index (χ0) is 13.9. The van der Waals surface area contributed by atoms with Crippen LogP contribution in [0.25, 0.3) is 0 Å². The number of benzene rings is 1. The first kappa shape index (κ1) is 14.7. The molecule has 1 rings (SSSR count). The quantitative estimate of drug-likeness (QED) is 0.839. The van der Waals surface area contributed by atoms with Crippen molar-refractivity contribution in [1.82, 2.24) is 4.72 Å². The summed E-state index contributed by atoms with van der Waals surface area (Å²) in [6.45, 7) is 5.67. The van der Waals surface area contributed by atoms with Crippen molar-refractivity contribution in [1.29, 1.82) is 0 Å². The molecule has 1 unspecified atom stereocenters. The minimum Gasteiger partial charge on any atom is -0.366 e.